The second-order valence-electron chi connectivity index (χ2n) is 9.48. The predicted octanol–water partition coefficient (Wildman–Crippen LogP) is 1.53. The number of hydrogen-bond donors (Lipinski definition) is 1. The molecule has 3 rings (SSSR count). The summed E-state index contributed by atoms with van der Waals surface area (Å²) in [7, 11) is 0. The van der Waals surface area contributed by atoms with Crippen LogP contribution in [0.3, 0.4) is 0 Å². The molecule has 3 aliphatic heterocycles. The maximum absolute atomic E-state index is 12.7. The standard InChI is InChI=1S/C20H34N4O3/c1-20(2,3)13-18(26)24-8-4-15-12-17(25)22(7-5-16(15)14-24)10-11-23-9-6-21-19(23)27/h15-16H,4-14H2,1-3H3,(H,21,27). The molecule has 2 unspecified atom stereocenters. The maximum atomic E-state index is 12.7. The first-order chi connectivity index (χ1) is 12.7. The molecule has 3 fully saturated rings. The van der Waals surface area contributed by atoms with E-state index in [0.717, 1.165) is 39.0 Å². The zero-order chi connectivity index (χ0) is 19.6. The van der Waals surface area contributed by atoms with Gasteiger partial charge in [-0.3, -0.25) is 9.59 Å². The molecule has 0 aromatic heterocycles. The summed E-state index contributed by atoms with van der Waals surface area (Å²) in [5.41, 5.74) is 0.00597. The van der Waals surface area contributed by atoms with E-state index in [9.17, 15) is 14.4 Å². The Labute approximate surface area is 162 Å². The lowest BCUT2D eigenvalue weighted by Gasteiger charge is -2.38. The minimum Gasteiger partial charge on any atom is -0.342 e. The van der Waals surface area contributed by atoms with Crippen molar-refractivity contribution in [2.75, 3.05) is 45.8 Å². The summed E-state index contributed by atoms with van der Waals surface area (Å²) in [5, 5.41) is 2.80. The van der Waals surface area contributed by atoms with Crippen LogP contribution in [0.4, 0.5) is 4.79 Å². The number of urea groups is 1. The molecular formula is C20H34N4O3. The Morgan fingerprint density at radius 3 is 2.41 bits per heavy atom. The lowest BCUT2D eigenvalue weighted by molar-refractivity contribution is -0.136. The Balaban J connectivity index is 1.53. The predicted molar refractivity (Wildman–Crippen MR) is 103 cm³/mol. The monoisotopic (exact) mass is 378 g/mol. The summed E-state index contributed by atoms with van der Waals surface area (Å²) in [6, 6.07) is -0.0288. The van der Waals surface area contributed by atoms with Crippen LogP contribution in [-0.4, -0.2) is 78.4 Å². The maximum Gasteiger partial charge on any atom is 0.317 e. The summed E-state index contributed by atoms with van der Waals surface area (Å²) < 4.78 is 0. The van der Waals surface area contributed by atoms with Crippen LogP contribution in [0.5, 0.6) is 0 Å². The SMILES string of the molecule is CC(C)(C)CC(=O)N1CCC2CC(=O)N(CCN3CCNC3=O)CCC2C1. The van der Waals surface area contributed by atoms with Crippen LogP contribution in [0.1, 0.15) is 46.5 Å². The van der Waals surface area contributed by atoms with Crippen molar-refractivity contribution in [1.82, 2.24) is 20.0 Å². The van der Waals surface area contributed by atoms with E-state index in [-0.39, 0.29) is 23.3 Å². The molecule has 3 aliphatic rings. The average molecular weight is 379 g/mol. The highest BCUT2D eigenvalue weighted by molar-refractivity contribution is 5.78. The van der Waals surface area contributed by atoms with Crippen LogP contribution in [0.15, 0.2) is 0 Å². The van der Waals surface area contributed by atoms with Crippen molar-refractivity contribution in [2.45, 2.75) is 46.5 Å². The highest BCUT2D eigenvalue weighted by Gasteiger charge is 2.37. The quantitative estimate of drug-likeness (QED) is 0.806. The largest absolute Gasteiger partial charge is 0.342 e. The number of fused-ring (bicyclic) bond motifs is 1. The molecule has 0 radical (unpaired) electrons. The number of rotatable bonds is 4. The molecule has 0 saturated carbocycles. The Kier molecular flexibility index (Phi) is 5.96. The zero-order valence-electron chi connectivity index (χ0n) is 17.0. The molecule has 7 nitrogen and oxygen atoms in total. The van der Waals surface area contributed by atoms with Crippen molar-refractivity contribution in [1.29, 1.82) is 0 Å². The van der Waals surface area contributed by atoms with Gasteiger partial charge in [0.2, 0.25) is 11.8 Å². The van der Waals surface area contributed by atoms with Gasteiger partial charge in [-0.2, -0.15) is 0 Å². The number of hydrogen-bond acceptors (Lipinski definition) is 3. The number of nitrogens with zero attached hydrogens (tertiary/aromatic N) is 3. The first kappa shape index (κ1) is 20.0. The van der Waals surface area contributed by atoms with E-state index in [1.807, 2.05) is 9.80 Å². The Morgan fingerprint density at radius 2 is 1.74 bits per heavy atom. The highest BCUT2D eigenvalue weighted by atomic mass is 16.2. The highest BCUT2D eigenvalue weighted by Crippen LogP contribution is 2.33. The van der Waals surface area contributed by atoms with E-state index >= 15 is 0 Å². The van der Waals surface area contributed by atoms with Crippen molar-refractivity contribution in [3.05, 3.63) is 0 Å². The molecule has 7 heteroatoms. The van der Waals surface area contributed by atoms with Gasteiger partial charge >= 0.3 is 6.03 Å². The third kappa shape index (κ3) is 5.14. The van der Waals surface area contributed by atoms with Crippen molar-refractivity contribution >= 4 is 17.8 Å². The Bertz CT molecular complexity index is 586. The fourth-order valence-corrected chi connectivity index (χ4v) is 4.47. The summed E-state index contributed by atoms with van der Waals surface area (Å²) in [5.74, 6) is 1.24. The van der Waals surface area contributed by atoms with Crippen molar-refractivity contribution in [3.63, 3.8) is 0 Å². The van der Waals surface area contributed by atoms with Gasteiger partial charge in [-0.1, -0.05) is 20.8 Å². The van der Waals surface area contributed by atoms with E-state index in [4.69, 9.17) is 0 Å². The van der Waals surface area contributed by atoms with Gasteiger partial charge in [0.15, 0.2) is 0 Å². The van der Waals surface area contributed by atoms with Gasteiger partial charge in [0, 0.05) is 58.7 Å². The fraction of sp³-hybridized carbons (Fsp3) is 0.850. The number of amides is 4. The summed E-state index contributed by atoms with van der Waals surface area (Å²) in [6.07, 6.45) is 3.03. The van der Waals surface area contributed by atoms with Gasteiger partial charge in [0.1, 0.15) is 0 Å². The molecule has 0 bridgehead atoms. The fourth-order valence-electron chi connectivity index (χ4n) is 4.47. The average Bonchev–Trinajstić information content (AvgIpc) is 2.91. The zero-order valence-corrected chi connectivity index (χ0v) is 17.0. The number of carbonyl (C=O) groups is 3. The van der Waals surface area contributed by atoms with E-state index in [0.29, 0.717) is 44.3 Å². The van der Waals surface area contributed by atoms with Crippen molar-refractivity contribution in [3.8, 4) is 0 Å². The van der Waals surface area contributed by atoms with Gasteiger partial charge in [0.05, 0.1) is 0 Å². The van der Waals surface area contributed by atoms with Crippen LogP contribution >= 0.6 is 0 Å². The molecule has 4 amide bonds. The Morgan fingerprint density at radius 1 is 1.04 bits per heavy atom. The van der Waals surface area contributed by atoms with Crippen LogP contribution < -0.4 is 5.32 Å². The number of likely N-dealkylation sites (tertiary alicyclic amines) is 2. The second-order valence-corrected chi connectivity index (χ2v) is 9.48. The molecule has 0 aromatic carbocycles. The van der Waals surface area contributed by atoms with Gasteiger partial charge in [-0.25, -0.2) is 4.79 Å². The van der Waals surface area contributed by atoms with Crippen LogP contribution in [0.2, 0.25) is 0 Å². The molecule has 0 spiro atoms. The van der Waals surface area contributed by atoms with E-state index in [1.165, 1.54) is 0 Å². The second kappa shape index (κ2) is 8.07. The first-order valence-electron chi connectivity index (χ1n) is 10.3. The van der Waals surface area contributed by atoms with Gasteiger partial charge < -0.3 is 20.0 Å². The van der Waals surface area contributed by atoms with Crippen LogP contribution in [0.25, 0.3) is 0 Å². The van der Waals surface area contributed by atoms with Gasteiger partial charge in [0.25, 0.3) is 0 Å². The third-order valence-electron chi connectivity index (χ3n) is 6.07. The molecule has 3 saturated heterocycles. The molecule has 2 atom stereocenters. The number of piperidine rings is 1. The molecule has 3 heterocycles. The first-order valence-corrected chi connectivity index (χ1v) is 10.3. The van der Waals surface area contributed by atoms with Gasteiger partial charge in [-0.05, 0) is 30.1 Å². The van der Waals surface area contributed by atoms with E-state index in [2.05, 4.69) is 26.1 Å². The molecule has 0 aromatic rings. The van der Waals surface area contributed by atoms with E-state index < -0.39 is 0 Å². The molecule has 1 N–H and O–H groups in total. The molecule has 0 aliphatic carbocycles. The smallest absolute Gasteiger partial charge is 0.317 e. The van der Waals surface area contributed by atoms with Crippen molar-refractivity contribution in [2.24, 2.45) is 17.3 Å². The summed E-state index contributed by atoms with van der Waals surface area (Å²) in [6.45, 7) is 11.2. The molecule has 152 valence electrons. The topological polar surface area (TPSA) is 73.0 Å². The van der Waals surface area contributed by atoms with Gasteiger partial charge in [-0.15, -0.1) is 0 Å². The number of nitrogens with one attached hydrogen (secondary N) is 1. The lowest BCUT2D eigenvalue weighted by Crippen LogP contribution is -2.44. The van der Waals surface area contributed by atoms with E-state index in [1.54, 1.807) is 4.90 Å². The third-order valence-corrected chi connectivity index (χ3v) is 6.07. The van der Waals surface area contributed by atoms with Crippen LogP contribution in [-0.2, 0) is 9.59 Å². The number of carbonyl (C=O) groups excluding carboxylic acids is 3. The molecular weight excluding hydrogens is 344 g/mol. The normalized spacial score (nSPS) is 26.7. The minimum atomic E-state index is -0.0288. The lowest BCUT2D eigenvalue weighted by atomic mass is 9.81. The Hall–Kier alpha value is -1.79. The summed E-state index contributed by atoms with van der Waals surface area (Å²) in [4.78, 5) is 42.7. The summed E-state index contributed by atoms with van der Waals surface area (Å²) >= 11 is 0. The van der Waals surface area contributed by atoms with Crippen LogP contribution in [0, 0.1) is 17.3 Å². The minimum absolute atomic E-state index is 0.00597. The van der Waals surface area contributed by atoms with Crippen molar-refractivity contribution < 1.29 is 14.4 Å². The molecule has 27 heavy (non-hydrogen) atoms.